The summed E-state index contributed by atoms with van der Waals surface area (Å²) in [7, 11) is 1.65. The van der Waals surface area contributed by atoms with Gasteiger partial charge in [0.15, 0.2) is 0 Å². The Morgan fingerprint density at radius 2 is 1.79 bits per heavy atom. The van der Waals surface area contributed by atoms with Crippen LogP contribution in [-0.2, 0) is 0 Å². The Labute approximate surface area is 132 Å². The van der Waals surface area contributed by atoms with E-state index in [0.29, 0.717) is 12.5 Å². The third kappa shape index (κ3) is 6.15. The zero-order valence-corrected chi connectivity index (χ0v) is 14.8. The summed E-state index contributed by atoms with van der Waals surface area (Å²) in [6, 6.07) is 3.82. The minimum atomic E-state index is 0.688. The van der Waals surface area contributed by atoms with Gasteiger partial charge in [-0.15, -0.1) is 0 Å². The Morgan fingerprint density at radius 1 is 1.16 bits per heavy atom. The Balaban J connectivity index is 2.35. The lowest BCUT2D eigenvalue weighted by atomic mass is 10.2. The van der Waals surface area contributed by atoms with Gasteiger partial charge in [-0.25, -0.2) is 0 Å². The standard InChI is InChI=1S/C14H21Br2NO2/c1-10(2)9-17-5-4-6-19-14-8-11(15)13(18-3)7-12(14)16/h7-8,10,17H,4-6,9H2,1-3H3. The van der Waals surface area contributed by atoms with E-state index in [-0.39, 0.29) is 0 Å². The summed E-state index contributed by atoms with van der Waals surface area (Å²) in [5.41, 5.74) is 0. The predicted octanol–water partition coefficient (Wildman–Crippen LogP) is 4.23. The fraction of sp³-hybridized carbons (Fsp3) is 0.571. The van der Waals surface area contributed by atoms with Gasteiger partial charge in [0.1, 0.15) is 11.5 Å². The lowest BCUT2D eigenvalue weighted by Crippen LogP contribution is -2.22. The average molecular weight is 395 g/mol. The summed E-state index contributed by atoms with van der Waals surface area (Å²) >= 11 is 6.94. The van der Waals surface area contributed by atoms with Crippen molar-refractivity contribution in [2.75, 3.05) is 26.8 Å². The molecule has 1 aromatic rings. The van der Waals surface area contributed by atoms with Gasteiger partial charge < -0.3 is 14.8 Å². The first-order valence-electron chi connectivity index (χ1n) is 6.41. The van der Waals surface area contributed by atoms with Crippen LogP contribution in [0, 0.1) is 5.92 Å². The molecule has 1 aromatic carbocycles. The van der Waals surface area contributed by atoms with Crippen molar-refractivity contribution in [2.45, 2.75) is 20.3 Å². The summed E-state index contributed by atoms with van der Waals surface area (Å²) in [6.07, 6.45) is 0.989. The summed E-state index contributed by atoms with van der Waals surface area (Å²) in [6.45, 7) is 7.14. The molecule has 0 spiro atoms. The smallest absolute Gasteiger partial charge is 0.134 e. The number of hydrogen-bond acceptors (Lipinski definition) is 3. The Hall–Kier alpha value is -0.260. The third-order valence-corrected chi connectivity index (χ3v) is 3.75. The molecular weight excluding hydrogens is 374 g/mol. The van der Waals surface area contributed by atoms with Crippen LogP contribution in [0.3, 0.4) is 0 Å². The van der Waals surface area contributed by atoms with Crippen LogP contribution in [0.1, 0.15) is 20.3 Å². The van der Waals surface area contributed by atoms with Gasteiger partial charge in [-0.05, 0) is 69.4 Å². The van der Waals surface area contributed by atoms with E-state index >= 15 is 0 Å². The van der Waals surface area contributed by atoms with E-state index in [2.05, 4.69) is 51.0 Å². The highest BCUT2D eigenvalue weighted by molar-refractivity contribution is 9.11. The molecule has 1 N–H and O–H groups in total. The van der Waals surface area contributed by atoms with Crippen LogP contribution < -0.4 is 14.8 Å². The molecule has 0 saturated carbocycles. The van der Waals surface area contributed by atoms with E-state index in [1.54, 1.807) is 7.11 Å². The topological polar surface area (TPSA) is 30.5 Å². The number of halogens is 2. The first-order valence-corrected chi connectivity index (χ1v) is 7.99. The van der Waals surface area contributed by atoms with Crippen molar-refractivity contribution < 1.29 is 9.47 Å². The maximum atomic E-state index is 5.75. The second-order valence-corrected chi connectivity index (χ2v) is 6.43. The number of hydrogen-bond donors (Lipinski definition) is 1. The second kappa shape index (κ2) is 8.82. The molecule has 3 nitrogen and oxygen atoms in total. The summed E-state index contributed by atoms with van der Waals surface area (Å²) < 4.78 is 12.8. The average Bonchev–Trinajstić information content (AvgIpc) is 2.36. The van der Waals surface area contributed by atoms with Crippen LogP contribution in [0.5, 0.6) is 11.5 Å². The molecule has 0 fully saturated rings. The van der Waals surface area contributed by atoms with Crippen LogP contribution >= 0.6 is 31.9 Å². The molecule has 0 unspecified atom stereocenters. The molecule has 0 amide bonds. The van der Waals surface area contributed by atoms with Crippen molar-refractivity contribution in [3.8, 4) is 11.5 Å². The van der Waals surface area contributed by atoms with Crippen LogP contribution in [0.15, 0.2) is 21.1 Å². The van der Waals surface area contributed by atoms with E-state index in [0.717, 1.165) is 40.0 Å². The highest BCUT2D eigenvalue weighted by Crippen LogP contribution is 2.35. The lowest BCUT2D eigenvalue weighted by Gasteiger charge is -2.12. The highest BCUT2D eigenvalue weighted by atomic mass is 79.9. The van der Waals surface area contributed by atoms with Gasteiger partial charge in [0.05, 0.1) is 22.7 Å². The fourth-order valence-corrected chi connectivity index (χ4v) is 2.47. The quantitative estimate of drug-likeness (QED) is 0.669. The monoisotopic (exact) mass is 393 g/mol. The van der Waals surface area contributed by atoms with E-state index in [1.165, 1.54) is 0 Å². The molecule has 1 rings (SSSR count). The van der Waals surface area contributed by atoms with Crippen molar-refractivity contribution in [3.05, 3.63) is 21.1 Å². The molecule has 108 valence electrons. The van der Waals surface area contributed by atoms with Crippen LogP contribution in [0.2, 0.25) is 0 Å². The molecule has 0 aromatic heterocycles. The van der Waals surface area contributed by atoms with Crippen LogP contribution in [0.4, 0.5) is 0 Å². The minimum absolute atomic E-state index is 0.688. The molecule has 0 aliphatic carbocycles. The largest absolute Gasteiger partial charge is 0.496 e. The first-order chi connectivity index (χ1) is 9.04. The number of methoxy groups -OCH3 is 1. The van der Waals surface area contributed by atoms with E-state index in [9.17, 15) is 0 Å². The van der Waals surface area contributed by atoms with Gasteiger partial charge in [-0.2, -0.15) is 0 Å². The van der Waals surface area contributed by atoms with E-state index in [4.69, 9.17) is 9.47 Å². The van der Waals surface area contributed by atoms with Gasteiger partial charge in [-0.1, -0.05) is 13.8 Å². The fourth-order valence-electron chi connectivity index (χ4n) is 1.55. The molecule has 0 atom stereocenters. The molecule has 0 bridgehead atoms. The van der Waals surface area contributed by atoms with E-state index < -0.39 is 0 Å². The van der Waals surface area contributed by atoms with Crippen LogP contribution in [-0.4, -0.2) is 26.8 Å². The van der Waals surface area contributed by atoms with Gasteiger partial charge in [0.2, 0.25) is 0 Å². The molecule has 0 radical (unpaired) electrons. The van der Waals surface area contributed by atoms with Crippen LogP contribution in [0.25, 0.3) is 0 Å². The van der Waals surface area contributed by atoms with Crippen molar-refractivity contribution in [1.82, 2.24) is 5.32 Å². The first kappa shape index (κ1) is 16.8. The van der Waals surface area contributed by atoms with Crippen molar-refractivity contribution in [2.24, 2.45) is 5.92 Å². The Bertz CT molecular complexity index is 397. The molecule has 19 heavy (non-hydrogen) atoms. The highest BCUT2D eigenvalue weighted by Gasteiger charge is 2.07. The zero-order valence-electron chi connectivity index (χ0n) is 11.6. The maximum absolute atomic E-state index is 5.75. The molecule has 5 heteroatoms. The summed E-state index contributed by atoms with van der Waals surface area (Å²) in [5.74, 6) is 2.31. The SMILES string of the molecule is COc1cc(Br)c(OCCCNCC(C)C)cc1Br. The molecule has 0 aliphatic heterocycles. The number of ether oxygens (including phenoxy) is 2. The second-order valence-electron chi connectivity index (χ2n) is 4.72. The number of nitrogens with one attached hydrogen (secondary N) is 1. The zero-order chi connectivity index (χ0) is 14.3. The normalized spacial score (nSPS) is 10.8. The van der Waals surface area contributed by atoms with Crippen molar-refractivity contribution in [3.63, 3.8) is 0 Å². The summed E-state index contributed by atoms with van der Waals surface area (Å²) in [4.78, 5) is 0. The lowest BCUT2D eigenvalue weighted by molar-refractivity contribution is 0.304. The minimum Gasteiger partial charge on any atom is -0.496 e. The number of benzene rings is 1. The molecule has 0 aliphatic rings. The predicted molar refractivity (Wildman–Crippen MR) is 86.2 cm³/mol. The van der Waals surface area contributed by atoms with Gasteiger partial charge in [0.25, 0.3) is 0 Å². The summed E-state index contributed by atoms with van der Waals surface area (Å²) in [5, 5.41) is 3.39. The Kier molecular flexibility index (Phi) is 7.80. The molecule has 0 saturated heterocycles. The molecule has 0 heterocycles. The van der Waals surface area contributed by atoms with Gasteiger partial charge >= 0.3 is 0 Å². The maximum Gasteiger partial charge on any atom is 0.134 e. The third-order valence-electron chi connectivity index (χ3n) is 2.51. The van der Waals surface area contributed by atoms with Gasteiger partial charge in [-0.3, -0.25) is 0 Å². The van der Waals surface area contributed by atoms with Crippen molar-refractivity contribution in [1.29, 1.82) is 0 Å². The van der Waals surface area contributed by atoms with Crippen molar-refractivity contribution >= 4 is 31.9 Å². The van der Waals surface area contributed by atoms with E-state index in [1.807, 2.05) is 12.1 Å². The molecular formula is C14H21Br2NO2. The van der Waals surface area contributed by atoms with Gasteiger partial charge in [0, 0.05) is 0 Å². The number of rotatable bonds is 8. The Morgan fingerprint density at radius 3 is 2.42 bits per heavy atom.